The Kier molecular flexibility index (Phi) is 4.67. The molecule has 1 aliphatic heterocycles. The predicted molar refractivity (Wildman–Crippen MR) is 82.3 cm³/mol. The van der Waals surface area contributed by atoms with E-state index in [4.69, 9.17) is 5.73 Å². The number of nitrogens with two attached hydrogens (primary N) is 1. The van der Waals surface area contributed by atoms with Crippen molar-refractivity contribution < 1.29 is 8.42 Å². The molecular weight excluding hydrogens is 274 g/mol. The van der Waals surface area contributed by atoms with Gasteiger partial charge in [0.1, 0.15) is 0 Å². The summed E-state index contributed by atoms with van der Waals surface area (Å²) in [6.45, 7) is 4.56. The van der Waals surface area contributed by atoms with Gasteiger partial charge in [-0.05, 0) is 18.1 Å². The van der Waals surface area contributed by atoms with E-state index in [0.29, 0.717) is 26.2 Å². The van der Waals surface area contributed by atoms with Crippen LogP contribution in [0, 0.1) is 0 Å². The first-order valence-corrected chi connectivity index (χ1v) is 8.83. The molecule has 1 heterocycles. The summed E-state index contributed by atoms with van der Waals surface area (Å²) >= 11 is 0. The predicted octanol–water partition coefficient (Wildman–Crippen LogP) is 1.18. The SMILES string of the molecule is CC[C@H](N)c1ccccc1N1CCN(S(C)(=O)=O)CC1. The van der Waals surface area contributed by atoms with Crippen molar-refractivity contribution in [1.82, 2.24) is 4.31 Å². The number of sulfonamides is 1. The Morgan fingerprint density at radius 3 is 2.35 bits per heavy atom. The highest BCUT2D eigenvalue weighted by atomic mass is 32.2. The van der Waals surface area contributed by atoms with E-state index in [2.05, 4.69) is 24.0 Å². The molecule has 5 nitrogen and oxygen atoms in total. The molecule has 1 saturated heterocycles. The fraction of sp³-hybridized carbons (Fsp3) is 0.571. The smallest absolute Gasteiger partial charge is 0.211 e. The van der Waals surface area contributed by atoms with E-state index in [9.17, 15) is 8.42 Å². The average Bonchev–Trinajstić information content (AvgIpc) is 2.45. The maximum absolute atomic E-state index is 11.5. The van der Waals surface area contributed by atoms with E-state index in [0.717, 1.165) is 17.7 Å². The van der Waals surface area contributed by atoms with Crippen molar-refractivity contribution >= 4 is 15.7 Å². The van der Waals surface area contributed by atoms with Crippen LogP contribution >= 0.6 is 0 Å². The van der Waals surface area contributed by atoms with E-state index in [1.807, 2.05) is 12.1 Å². The minimum Gasteiger partial charge on any atom is -0.369 e. The van der Waals surface area contributed by atoms with Gasteiger partial charge < -0.3 is 10.6 Å². The molecule has 0 aromatic heterocycles. The van der Waals surface area contributed by atoms with Gasteiger partial charge in [-0.15, -0.1) is 0 Å². The molecule has 1 fully saturated rings. The topological polar surface area (TPSA) is 66.6 Å². The van der Waals surface area contributed by atoms with Gasteiger partial charge >= 0.3 is 0 Å². The molecule has 1 aromatic rings. The second-order valence-corrected chi connectivity index (χ2v) is 7.21. The summed E-state index contributed by atoms with van der Waals surface area (Å²) < 4.78 is 24.6. The first-order valence-electron chi connectivity index (χ1n) is 6.98. The molecule has 0 saturated carbocycles. The van der Waals surface area contributed by atoms with Crippen LogP contribution in [-0.4, -0.2) is 45.2 Å². The molecule has 112 valence electrons. The van der Waals surface area contributed by atoms with Crippen molar-refractivity contribution in [3.63, 3.8) is 0 Å². The van der Waals surface area contributed by atoms with Crippen LogP contribution < -0.4 is 10.6 Å². The molecule has 0 bridgehead atoms. The monoisotopic (exact) mass is 297 g/mol. The van der Waals surface area contributed by atoms with Crippen LogP contribution in [0.15, 0.2) is 24.3 Å². The highest BCUT2D eigenvalue weighted by molar-refractivity contribution is 7.88. The number of anilines is 1. The molecular formula is C14H23N3O2S. The van der Waals surface area contributed by atoms with Crippen molar-refractivity contribution in [3.8, 4) is 0 Å². The van der Waals surface area contributed by atoms with Gasteiger partial charge in [0.25, 0.3) is 0 Å². The Balaban J connectivity index is 2.15. The fourth-order valence-electron chi connectivity index (χ4n) is 2.57. The molecule has 0 amide bonds. The maximum Gasteiger partial charge on any atom is 0.211 e. The molecule has 20 heavy (non-hydrogen) atoms. The van der Waals surface area contributed by atoms with Crippen LogP contribution in [0.4, 0.5) is 5.69 Å². The summed E-state index contributed by atoms with van der Waals surface area (Å²) in [6.07, 6.45) is 2.16. The lowest BCUT2D eigenvalue weighted by molar-refractivity contribution is 0.387. The summed E-state index contributed by atoms with van der Waals surface area (Å²) in [4.78, 5) is 2.23. The van der Waals surface area contributed by atoms with E-state index >= 15 is 0 Å². The van der Waals surface area contributed by atoms with Gasteiger partial charge in [-0.3, -0.25) is 0 Å². The number of piperazine rings is 1. The van der Waals surface area contributed by atoms with Crippen LogP contribution in [0.3, 0.4) is 0 Å². The average molecular weight is 297 g/mol. The third kappa shape index (κ3) is 3.31. The Labute approximate surface area is 121 Å². The normalized spacial score (nSPS) is 19.1. The van der Waals surface area contributed by atoms with Crippen LogP contribution in [0.2, 0.25) is 0 Å². The lowest BCUT2D eigenvalue weighted by Gasteiger charge is -2.36. The summed E-state index contributed by atoms with van der Waals surface area (Å²) in [5.74, 6) is 0. The lowest BCUT2D eigenvalue weighted by atomic mass is 10.0. The van der Waals surface area contributed by atoms with Gasteiger partial charge in [-0.25, -0.2) is 8.42 Å². The Hall–Kier alpha value is -1.11. The molecule has 6 heteroatoms. The van der Waals surface area contributed by atoms with Gasteiger partial charge in [-0.1, -0.05) is 25.1 Å². The molecule has 1 aromatic carbocycles. The second-order valence-electron chi connectivity index (χ2n) is 5.22. The van der Waals surface area contributed by atoms with Crippen LogP contribution in [0.5, 0.6) is 0 Å². The van der Waals surface area contributed by atoms with E-state index in [1.165, 1.54) is 10.6 Å². The zero-order valence-electron chi connectivity index (χ0n) is 12.1. The van der Waals surface area contributed by atoms with Gasteiger partial charge in [0.15, 0.2) is 0 Å². The number of rotatable bonds is 4. The van der Waals surface area contributed by atoms with E-state index in [1.54, 1.807) is 0 Å². The first-order chi connectivity index (χ1) is 9.43. The molecule has 1 aliphatic rings. The van der Waals surface area contributed by atoms with Gasteiger partial charge in [0.2, 0.25) is 10.0 Å². The lowest BCUT2D eigenvalue weighted by Crippen LogP contribution is -2.48. The van der Waals surface area contributed by atoms with Crippen molar-refractivity contribution in [3.05, 3.63) is 29.8 Å². The molecule has 2 N–H and O–H groups in total. The minimum atomic E-state index is -3.08. The summed E-state index contributed by atoms with van der Waals surface area (Å²) in [6, 6.07) is 8.16. The van der Waals surface area contributed by atoms with Gasteiger partial charge in [0, 0.05) is 37.9 Å². The van der Waals surface area contributed by atoms with Crippen molar-refractivity contribution in [1.29, 1.82) is 0 Å². The third-order valence-corrected chi connectivity index (χ3v) is 5.13. The summed E-state index contributed by atoms with van der Waals surface area (Å²) in [5, 5.41) is 0. The minimum absolute atomic E-state index is 0.0270. The Bertz CT molecular complexity index is 551. The van der Waals surface area contributed by atoms with Gasteiger partial charge in [0.05, 0.1) is 6.26 Å². The maximum atomic E-state index is 11.5. The zero-order valence-corrected chi connectivity index (χ0v) is 12.9. The quantitative estimate of drug-likeness (QED) is 0.906. The second kappa shape index (κ2) is 6.11. The van der Waals surface area contributed by atoms with Crippen LogP contribution in [-0.2, 0) is 10.0 Å². The van der Waals surface area contributed by atoms with Crippen molar-refractivity contribution in [2.24, 2.45) is 5.73 Å². The molecule has 2 rings (SSSR count). The van der Waals surface area contributed by atoms with Gasteiger partial charge in [-0.2, -0.15) is 4.31 Å². The Morgan fingerprint density at radius 1 is 1.20 bits per heavy atom. The number of benzene rings is 1. The largest absolute Gasteiger partial charge is 0.369 e. The highest BCUT2D eigenvalue weighted by Crippen LogP contribution is 2.27. The number of hydrogen-bond donors (Lipinski definition) is 1. The summed E-state index contributed by atoms with van der Waals surface area (Å²) in [7, 11) is -3.08. The molecule has 0 aliphatic carbocycles. The molecule has 0 radical (unpaired) electrons. The highest BCUT2D eigenvalue weighted by Gasteiger charge is 2.25. The standard InChI is InChI=1S/C14H23N3O2S/c1-3-13(15)12-6-4-5-7-14(12)16-8-10-17(11-9-16)20(2,18)19/h4-7,13H,3,8-11,15H2,1-2H3/t13-/m0/s1. The molecule has 0 spiro atoms. The van der Waals surface area contributed by atoms with Crippen LogP contribution in [0.1, 0.15) is 24.9 Å². The van der Waals surface area contributed by atoms with E-state index in [-0.39, 0.29) is 6.04 Å². The number of nitrogens with zero attached hydrogens (tertiary/aromatic N) is 2. The molecule has 1 atom stereocenters. The first kappa shape index (κ1) is 15.3. The Morgan fingerprint density at radius 2 is 1.80 bits per heavy atom. The van der Waals surface area contributed by atoms with Crippen LogP contribution in [0.25, 0.3) is 0 Å². The van der Waals surface area contributed by atoms with Crippen molar-refractivity contribution in [2.45, 2.75) is 19.4 Å². The zero-order chi connectivity index (χ0) is 14.8. The fourth-order valence-corrected chi connectivity index (χ4v) is 3.40. The number of hydrogen-bond acceptors (Lipinski definition) is 4. The number of para-hydroxylation sites is 1. The van der Waals surface area contributed by atoms with E-state index < -0.39 is 10.0 Å². The van der Waals surface area contributed by atoms with Crippen molar-refractivity contribution in [2.75, 3.05) is 37.3 Å². The molecule has 0 unspecified atom stereocenters. The third-order valence-electron chi connectivity index (χ3n) is 3.82. The summed E-state index contributed by atoms with van der Waals surface area (Å²) in [5.41, 5.74) is 8.44.